The van der Waals surface area contributed by atoms with Gasteiger partial charge in [0.05, 0.1) is 18.2 Å². The second kappa shape index (κ2) is 8.31. The van der Waals surface area contributed by atoms with Crippen LogP contribution in [0.3, 0.4) is 0 Å². The summed E-state index contributed by atoms with van der Waals surface area (Å²) in [6, 6.07) is 0. The van der Waals surface area contributed by atoms with Crippen molar-refractivity contribution in [2.24, 2.45) is 10.9 Å². The molecule has 94 valence electrons. The highest BCUT2D eigenvalue weighted by molar-refractivity contribution is 5.79. The Bertz CT molecular complexity index is 242. The Labute approximate surface area is 99.2 Å². The predicted molar refractivity (Wildman–Crippen MR) is 69.5 cm³/mol. The zero-order valence-electron chi connectivity index (χ0n) is 11.3. The summed E-state index contributed by atoms with van der Waals surface area (Å²) in [5.41, 5.74) is 0. The minimum absolute atomic E-state index is 0.168. The minimum Gasteiger partial charge on any atom is -0.363 e. The predicted octanol–water partition coefficient (Wildman–Crippen LogP) is 3.65. The fourth-order valence-corrected chi connectivity index (χ4v) is 1.61. The van der Waals surface area contributed by atoms with E-state index in [1.165, 1.54) is 25.8 Å². The van der Waals surface area contributed by atoms with Crippen molar-refractivity contribution in [3.8, 4) is 0 Å². The Morgan fingerprint density at radius 2 is 2.06 bits per heavy atom. The van der Waals surface area contributed by atoms with E-state index in [-0.39, 0.29) is 5.83 Å². The van der Waals surface area contributed by atoms with Gasteiger partial charge >= 0.3 is 0 Å². The van der Waals surface area contributed by atoms with Crippen LogP contribution >= 0.6 is 0 Å². The van der Waals surface area contributed by atoms with Gasteiger partial charge < -0.3 is 4.90 Å². The van der Waals surface area contributed by atoms with Crippen molar-refractivity contribution in [1.82, 2.24) is 4.90 Å². The lowest BCUT2D eigenvalue weighted by atomic mass is 10.1. The van der Waals surface area contributed by atoms with Crippen LogP contribution in [0, 0.1) is 5.92 Å². The molecule has 0 aromatic carbocycles. The van der Waals surface area contributed by atoms with E-state index in [1.54, 1.807) is 0 Å². The summed E-state index contributed by atoms with van der Waals surface area (Å²) >= 11 is 0. The summed E-state index contributed by atoms with van der Waals surface area (Å²) in [5.74, 6) is 1.48. The lowest BCUT2D eigenvalue weighted by molar-refractivity contribution is 0.381. The summed E-state index contributed by atoms with van der Waals surface area (Å²) in [7, 11) is 2.04. The highest BCUT2D eigenvalue weighted by Crippen LogP contribution is 2.06. The second-order valence-electron chi connectivity index (χ2n) is 4.45. The maximum absolute atomic E-state index is 12.4. The molecule has 0 radical (unpaired) electrons. The maximum atomic E-state index is 12.4. The van der Waals surface area contributed by atoms with Gasteiger partial charge in [0, 0.05) is 13.6 Å². The number of amidine groups is 1. The molecule has 0 spiro atoms. The number of rotatable bonds is 6. The molecule has 1 atom stereocenters. The molecule has 2 nitrogen and oxygen atoms in total. The van der Waals surface area contributed by atoms with Crippen molar-refractivity contribution in [3.63, 3.8) is 0 Å². The summed E-state index contributed by atoms with van der Waals surface area (Å²) in [5, 5.41) is 0. The lowest BCUT2D eigenvalue weighted by Gasteiger charge is -2.22. The standard InChI is InChI=1S/C13H25FN2/c1-6-7-11(2)10-16(5)13(4)15-9-8-12(3)14/h8,11H,6-7,9-10H2,1-5H3. The van der Waals surface area contributed by atoms with E-state index in [4.69, 9.17) is 0 Å². The molecule has 3 heteroatoms. The molecule has 0 aliphatic rings. The zero-order chi connectivity index (χ0) is 12.6. The molecular formula is C13H25FN2. The first-order chi connectivity index (χ1) is 7.47. The monoisotopic (exact) mass is 228 g/mol. The van der Waals surface area contributed by atoms with Crippen molar-refractivity contribution in [1.29, 1.82) is 0 Å². The van der Waals surface area contributed by atoms with E-state index in [2.05, 4.69) is 23.7 Å². The van der Waals surface area contributed by atoms with Gasteiger partial charge in [0.1, 0.15) is 0 Å². The summed E-state index contributed by atoms with van der Waals surface area (Å²) in [4.78, 5) is 6.44. The largest absolute Gasteiger partial charge is 0.363 e. The van der Waals surface area contributed by atoms with E-state index in [0.29, 0.717) is 12.5 Å². The molecule has 0 aromatic rings. The van der Waals surface area contributed by atoms with E-state index in [1.807, 2.05) is 14.0 Å². The molecule has 0 rings (SSSR count). The van der Waals surface area contributed by atoms with Gasteiger partial charge in [-0.3, -0.25) is 4.99 Å². The van der Waals surface area contributed by atoms with Gasteiger partial charge in [0.15, 0.2) is 0 Å². The molecule has 0 saturated carbocycles. The number of hydrogen-bond donors (Lipinski definition) is 0. The van der Waals surface area contributed by atoms with Gasteiger partial charge in [-0.1, -0.05) is 20.3 Å². The zero-order valence-corrected chi connectivity index (χ0v) is 11.3. The third-order valence-electron chi connectivity index (χ3n) is 2.61. The molecule has 0 N–H and O–H groups in total. The third-order valence-corrected chi connectivity index (χ3v) is 2.61. The van der Waals surface area contributed by atoms with Crippen LogP contribution in [0.4, 0.5) is 4.39 Å². The summed E-state index contributed by atoms with van der Waals surface area (Å²) in [6.45, 7) is 9.31. The molecule has 0 aliphatic carbocycles. The first-order valence-corrected chi connectivity index (χ1v) is 6.01. The SMILES string of the molecule is CCCC(C)CN(C)C(C)=NCC=C(C)F. The van der Waals surface area contributed by atoms with Crippen LogP contribution in [0.25, 0.3) is 0 Å². The number of halogens is 1. The topological polar surface area (TPSA) is 15.6 Å². The molecular weight excluding hydrogens is 203 g/mol. The maximum Gasteiger partial charge on any atom is 0.0958 e. The molecule has 0 aromatic heterocycles. The molecule has 0 amide bonds. The van der Waals surface area contributed by atoms with E-state index < -0.39 is 0 Å². The van der Waals surface area contributed by atoms with Crippen molar-refractivity contribution in [3.05, 3.63) is 11.9 Å². The van der Waals surface area contributed by atoms with Gasteiger partial charge in [-0.05, 0) is 32.3 Å². The average Bonchev–Trinajstić information content (AvgIpc) is 2.17. The molecule has 0 saturated heterocycles. The van der Waals surface area contributed by atoms with Gasteiger partial charge in [-0.25, -0.2) is 4.39 Å². The quantitative estimate of drug-likeness (QED) is 0.500. The first-order valence-electron chi connectivity index (χ1n) is 6.01. The van der Waals surface area contributed by atoms with Crippen LogP contribution in [-0.4, -0.2) is 30.9 Å². The summed E-state index contributed by atoms with van der Waals surface area (Å²) in [6.07, 6.45) is 3.95. The van der Waals surface area contributed by atoms with E-state index in [9.17, 15) is 4.39 Å². The van der Waals surface area contributed by atoms with Crippen molar-refractivity contribution in [2.75, 3.05) is 20.1 Å². The molecule has 0 aliphatic heterocycles. The Balaban J connectivity index is 4.06. The highest BCUT2D eigenvalue weighted by atomic mass is 19.1. The molecule has 0 fully saturated rings. The van der Waals surface area contributed by atoms with Crippen LogP contribution in [0.1, 0.15) is 40.5 Å². The van der Waals surface area contributed by atoms with Crippen molar-refractivity contribution >= 4 is 5.84 Å². The Morgan fingerprint density at radius 3 is 2.56 bits per heavy atom. The fourth-order valence-electron chi connectivity index (χ4n) is 1.61. The Morgan fingerprint density at radius 1 is 1.44 bits per heavy atom. The van der Waals surface area contributed by atoms with Gasteiger partial charge in [0.2, 0.25) is 0 Å². The molecule has 1 unspecified atom stereocenters. The van der Waals surface area contributed by atoms with Crippen LogP contribution in [0.5, 0.6) is 0 Å². The average molecular weight is 228 g/mol. The normalized spacial score (nSPS) is 15.1. The number of nitrogens with zero attached hydrogens (tertiary/aromatic N) is 2. The van der Waals surface area contributed by atoms with E-state index in [0.717, 1.165) is 12.4 Å². The smallest absolute Gasteiger partial charge is 0.0958 e. The second-order valence-corrected chi connectivity index (χ2v) is 4.45. The summed E-state index contributed by atoms with van der Waals surface area (Å²) < 4.78 is 12.4. The fraction of sp³-hybridized carbons (Fsp3) is 0.769. The minimum atomic E-state index is -0.168. The van der Waals surface area contributed by atoms with Crippen LogP contribution in [-0.2, 0) is 0 Å². The van der Waals surface area contributed by atoms with Crippen LogP contribution in [0.15, 0.2) is 16.9 Å². The van der Waals surface area contributed by atoms with Crippen LogP contribution in [0.2, 0.25) is 0 Å². The molecule has 16 heavy (non-hydrogen) atoms. The van der Waals surface area contributed by atoms with Gasteiger partial charge in [0.25, 0.3) is 0 Å². The first kappa shape index (κ1) is 15.1. The number of aliphatic imine (C=N–C) groups is 1. The van der Waals surface area contributed by atoms with Crippen molar-refractivity contribution < 1.29 is 4.39 Å². The number of allylic oxidation sites excluding steroid dienone is 1. The number of hydrogen-bond acceptors (Lipinski definition) is 1. The Hall–Kier alpha value is -0.860. The lowest BCUT2D eigenvalue weighted by Crippen LogP contribution is -2.29. The van der Waals surface area contributed by atoms with Gasteiger partial charge in [-0.15, -0.1) is 0 Å². The van der Waals surface area contributed by atoms with Crippen molar-refractivity contribution in [2.45, 2.75) is 40.5 Å². The molecule has 0 heterocycles. The Kier molecular flexibility index (Phi) is 7.86. The highest BCUT2D eigenvalue weighted by Gasteiger charge is 2.06. The van der Waals surface area contributed by atoms with Gasteiger partial charge in [-0.2, -0.15) is 0 Å². The van der Waals surface area contributed by atoms with Crippen LogP contribution < -0.4 is 0 Å². The third kappa shape index (κ3) is 7.43. The van der Waals surface area contributed by atoms with E-state index >= 15 is 0 Å². The molecule has 0 bridgehead atoms.